The fourth-order valence-corrected chi connectivity index (χ4v) is 1.04. The van der Waals surface area contributed by atoms with Crippen molar-refractivity contribution in [1.82, 2.24) is 0 Å². The van der Waals surface area contributed by atoms with Crippen LogP contribution in [-0.4, -0.2) is 7.85 Å². The number of benzene rings is 1. The zero-order valence-electron chi connectivity index (χ0n) is 5.67. The van der Waals surface area contributed by atoms with E-state index in [2.05, 4.69) is 0 Å². The van der Waals surface area contributed by atoms with E-state index in [1.165, 1.54) is 12.3 Å². The van der Waals surface area contributed by atoms with Gasteiger partial charge in [-0.1, -0.05) is 17.6 Å². The molecule has 0 atom stereocenters. The van der Waals surface area contributed by atoms with Gasteiger partial charge in [0.25, 0.3) is 0 Å². The number of furan rings is 1. The Bertz CT molecular complexity index is 394. The molecular weight excluding hydrogens is 142 g/mol. The second-order valence-corrected chi connectivity index (χ2v) is 2.31. The van der Waals surface area contributed by atoms with E-state index in [0.717, 1.165) is 0 Å². The molecule has 1 nitrogen and oxygen atoms in total. The fourth-order valence-electron chi connectivity index (χ4n) is 1.04. The lowest BCUT2D eigenvalue weighted by Crippen LogP contribution is -1.96. The maximum Gasteiger partial charge on any atom is 0.168 e. The summed E-state index contributed by atoms with van der Waals surface area (Å²) in [5, 5.41) is 0.630. The van der Waals surface area contributed by atoms with Crippen LogP contribution in [0.3, 0.4) is 0 Å². The number of para-hydroxylation sites is 1. The Morgan fingerprint density at radius 1 is 1.36 bits per heavy atom. The van der Waals surface area contributed by atoms with Crippen LogP contribution in [0.4, 0.5) is 4.39 Å². The summed E-state index contributed by atoms with van der Waals surface area (Å²) in [5.41, 5.74) is 0.699. The minimum Gasteiger partial charge on any atom is -0.462 e. The summed E-state index contributed by atoms with van der Waals surface area (Å²) >= 11 is 0. The molecule has 2 radical (unpaired) electrons. The van der Waals surface area contributed by atoms with Crippen LogP contribution < -0.4 is 5.46 Å². The molecule has 0 amide bonds. The third-order valence-electron chi connectivity index (χ3n) is 1.58. The molecule has 0 aliphatic carbocycles. The fraction of sp³-hybridized carbons (Fsp3) is 0. The SMILES string of the molecule is [B]c1coc2c(F)cccc12. The summed E-state index contributed by atoms with van der Waals surface area (Å²) < 4.78 is 17.7. The van der Waals surface area contributed by atoms with Crippen LogP contribution in [0.15, 0.2) is 28.9 Å². The van der Waals surface area contributed by atoms with Crippen LogP contribution in [0.2, 0.25) is 0 Å². The van der Waals surface area contributed by atoms with E-state index < -0.39 is 0 Å². The highest BCUT2D eigenvalue weighted by molar-refractivity contribution is 6.38. The van der Waals surface area contributed by atoms with Crippen LogP contribution in [-0.2, 0) is 0 Å². The molecule has 0 aliphatic heterocycles. The first kappa shape index (κ1) is 6.46. The minimum absolute atomic E-state index is 0.227. The first-order chi connectivity index (χ1) is 5.29. The number of hydrogen-bond donors (Lipinski definition) is 0. The molecule has 2 rings (SSSR count). The predicted octanol–water partition coefficient (Wildman–Crippen LogP) is 1.37. The monoisotopic (exact) mass is 146 g/mol. The van der Waals surface area contributed by atoms with Crippen molar-refractivity contribution in [3.8, 4) is 0 Å². The molecular formula is C8H4BFO. The van der Waals surface area contributed by atoms with Crippen LogP contribution in [0.1, 0.15) is 0 Å². The standard InChI is InChI=1S/C8H4BFO/c9-6-4-11-8-5(6)2-1-3-7(8)10/h1-4H. The van der Waals surface area contributed by atoms with Crippen molar-refractivity contribution in [1.29, 1.82) is 0 Å². The van der Waals surface area contributed by atoms with Gasteiger partial charge in [0.15, 0.2) is 11.4 Å². The lowest BCUT2D eigenvalue weighted by molar-refractivity contribution is 0.561. The molecule has 0 N–H and O–H groups in total. The van der Waals surface area contributed by atoms with Crippen molar-refractivity contribution >= 4 is 24.3 Å². The van der Waals surface area contributed by atoms with E-state index in [4.69, 9.17) is 12.3 Å². The van der Waals surface area contributed by atoms with Crippen molar-refractivity contribution < 1.29 is 8.81 Å². The summed E-state index contributed by atoms with van der Waals surface area (Å²) in [4.78, 5) is 0. The highest BCUT2D eigenvalue weighted by Crippen LogP contribution is 2.15. The third kappa shape index (κ3) is 0.844. The van der Waals surface area contributed by atoms with Crippen molar-refractivity contribution in [2.45, 2.75) is 0 Å². The third-order valence-corrected chi connectivity index (χ3v) is 1.58. The van der Waals surface area contributed by atoms with Gasteiger partial charge >= 0.3 is 0 Å². The van der Waals surface area contributed by atoms with E-state index in [9.17, 15) is 4.39 Å². The smallest absolute Gasteiger partial charge is 0.168 e. The summed E-state index contributed by atoms with van der Waals surface area (Å²) in [6.45, 7) is 0. The molecule has 11 heavy (non-hydrogen) atoms. The molecule has 0 aliphatic rings. The van der Waals surface area contributed by atoms with Crippen LogP contribution in [0, 0.1) is 5.82 Å². The maximum atomic E-state index is 12.9. The van der Waals surface area contributed by atoms with Gasteiger partial charge in [-0.25, -0.2) is 4.39 Å². The van der Waals surface area contributed by atoms with E-state index >= 15 is 0 Å². The molecule has 0 fully saturated rings. The summed E-state index contributed by atoms with van der Waals surface area (Å²) in [6, 6.07) is 4.66. The Labute approximate surface area is 64.2 Å². The zero-order chi connectivity index (χ0) is 7.84. The Morgan fingerprint density at radius 2 is 2.18 bits per heavy atom. The molecule has 1 aromatic heterocycles. The summed E-state index contributed by atoms with van der Waals surface area (Å²) in [6.07, 6.45) is 1.34. The first-order valence-corrected chi connectivity index (χ1v) is 3.20. The number of halogens is 1. The maximum absolute atomic E-state index is 12.9. The van der Waals surface area contributed by atoms with Gasteiger partial charge in [0.1, 0.15) is 7.85 Å². The first-order valence-electron chi connectivity index (χ1n) is 3.20. The zero-order valence-corrected chi connectivity index (χ0v) is 5.67. The molecule has 0 spiro atoms. The Hall–Kier alpha value is -1.25. The van der Waals surface area contributed by atoms with Crippen molar-refractivity contribution in [3.63, 3.8) is 0 Å². The second-order valence-electron chi connectivity index (χ2n) is 2.31. The number of rotatable bonds is 0. The van der Waals surface area contributed by atoms with Gasteiger partial charge in [0.05, 0.1) is 6.26 Å². The van der Waals surface area contributed by atoms with Crippen molar-refractivity contribution in [3.05, 3.63) is 30.3 Å². The van der Waals surface area contributed by atoms with Gasteiger partial charge in [-0.3, -0.25) is 0 Å². The molecule has 0 saturated heterocycles. The summed E-state index contributed by atoms with van der Waals surface area (Å²) in [5.74, 6) is -0.376. The Morgan fingerprint density at radius 3 is 2.91 bits per heavy atom. The van der Waals surface area contributed by atoms with Gasteiger partial charge in [0.2, 0.25) is 0 Å². The van der Waals surface area contributed by atoms with Crippen LogP contribution >= 0.6 is 0 Å². The Kier molecular flexibility index (Phi) is 1.25. The van der Waals surface area contributed by atoms with E-state index in [1.54, 1.807) is 12.1 Å². The summed E-state index contributed by atoms with van der Waals surface area (Å²) in [7, 11) is 5.48. The van der Waals surface area contributed by atoms with E-state index in [0.29, 0.717) is 10.8 Å². The second kappa shape index (κ2) is 2.12. The van der Waals surface area contributed by atoms with Gasteiger partial charge in [-0.2, -0.15) is 0 Å². The Balaban J connectivity index is 2.94. The van der Waals surface area contributed by atoms with Gasteiger partial charge in [-0.15, -0.1) is 0 Å². The molecule has 1 aromatic carbocycles. The molecule has 1 heterocycles. The average molecular weight is 146 g/mol. The minimum atomic E-state index is -0.376. The number of hydrogen-bond acceptors (Lipinski definition) is 1. The molecule has 0 unspecified atom stereocenters. The molecule has 52 valence electrons. The largest absolute Gasteiger partial charge is 0.462 e. The van der Waals surface area contributed by atoms with Crippen LogP contribution in [0.25, 0.3) is 11.0 Å². The molecule has 0 saturated carbocycles. The predicted molar refractivity (Wildman–Crippen MR) is 41.6 cm³/mol. The topological polar surface area (TPSA) is 13.1 Å². The molecule has 3 heteroatoms. The lowest BCUT2D eigenvalue weighted by atomic mass is 9.96. The van der Waals surface area contributed by atoms with Gasteiger partial charge in [0, 0.05) is 5.39 Å². The van der Waals surface area contributed by atoms with E-state index in [-0.39, 0.29) is 11.4 Å². The van der Waals surface area contributed by atoms with Crippen molar-refractivity contribution in [2.75, 3.05) is 0 Å². The quantitative estimate of drug-likeness (QED) is 0.511. The van der Waals surface area contributed by atoms with Crippen molar-refractivity contribution in [2.24, 2.45) is 0 Å². The van der Waals surface area contributed by atoms with Gasteiger partial charge < -0.3 is 4.42 Å². The normalized spacial score (nSPS) is 10.6. The highest BCUT2D eigenvalue weighted by Gasteiger charge is 2.04. The number of fused-ring (bicyclic) bond motifs is 1. The lowest BCUT2D eigenvalue weighted by Gasteiger charge is -1.89. The highest BCUT2D eigenvalue weighted by atomic mass is 19.1. The average Bonchev–Trinajstić information content (AvgIpc) is 2.35. The molecule has 0 bridgehead atoms. The van der Waals surface area contributed by atoms with E-state index in [1.807, 2.05) is 0 Å². The van der Waals surface area contributed by atoms with Crippen LogP contribution in [0.5, 0.6) is 0 Å². The molecule has 2 aromatic rings. The van der Waals surface area contributed by atoms with Gasteiger partial charge in [-0.05, 0) is 6.07 Å².